The van der Waals surface area contributed by atoms with Gasteiger partial charge in [0.25, 0.3) is 0 Å². The van der Waals surface area contributed by atoms with E-state index < -0.39 is 0 Å². The first-order chi connectivity index (χ1) is 7.92. The molecule has 0 radical (unpaired) electrons. The van der Waals surface area contributed by atoms with Crippen molar-refractivity contribution in [2.24, 2.45) is 0 Å². The van der Waals surface area contributed by atoms with Crippen LogP contribution in [0.25, 0.3) is 0 Å². The average Bonchev–Trinajstić information content (AvgIpc) is 2.82. The predicted octanol–water partition coefficient (Wildman–Crippen LogP) is 1.48. The van der Waals surface area contributed by atoms with E-state index in [0.29, 0.717) is 6.04 Å². The van der Waals surface area contributed by atoms with Crippen molar-refractivity contribution in [3.8, 4) is 0 Å². The molecule has 0 unspecified atom stereocenters. The minimum absolute atomic E-state index is 0.620. The Hall–Kier alpha value is -1.16. The van der Waals surface area contributed by atoms with Crippen LogP contribution in [0, 0.1) is 0 Å². The lowest BCUT2D eigenvalue weighted by atomic mass is 10.1. The SMILES string of the molecule is c1c(NC2CCCC2)nnc2c1CCNC2. The topological polar surface area (TPSA) is 49.8 Å². The first-order valence-corrected chi connectivity index (χ1v) is 6.24. The maximum Gasteiger partial charge on any atom is 0.149 e. The summed E-state index contributed by atoms with van der Waals surface area (Å²) in [7, 11) is 0. The van der Waals surface area contributed by atoms with Crippen molar-refractivity contribution < 1.29 is 0 Å². The van der Waals surface area contributed by atoms with Crippen LogP contribution in [0.1, 0.15) is 36.9 Å². The fourth-order valence-corrected chi connectivity index (χ4v) is 2.60. The second-order valence-corrected chi connectivity index (χ2v) is 4.75. The molecule has 1 aliphatic heterocycles. The molecule has 0 saturated heterocycles. The van der Waals surface area contributed by atoms with Gasteiger partial charge in [0.15, 0.2) is 0 Å². The van der Waals surface area contributed by atoms with E-state index in [4.69, 9.17) is 0 Å². The first-order valence-electron chi connectivity index (χ1n) is 6.24. The van der Waals surface area contributed by atoms with E-state index in [0.717, 1.165) is 31.0 Å². The summed E-state index contributed by atoms with van der Waals surface area (Å²) in [6, 6.07) is 2.80. The van der Waals surface area contributed by atoms with E-state index in [1.807, 2.05) is 0 Å². The van der Waals surface area contributed by atoms with Gasteiger partial charge in [-0.2, -0.15) is 5.10 Å². The molecule has 0 aromatic carbocycles. The summed E-state index contributed by atoms with van der Waals surface area (Å²) in [6.45, 7) is 1.92. The highest BCUT2D eigenvalue weighted by Crippen LogP contribution is 2.22. The molecule has 1 aromatic rings. The number of rotatable bonds is 2. The number of fused-ring (bicyclic) bond motifs is 1. The second kappa shape index (κ2) is 4.37. The average molecular weight is 218 g/mol. The maximum absolute atomic E-state index is 4.29. The first kappa shape index (κ1) is 10.0. The molecule has 16 heavy (non-hydrogen) atoms. The molecule has 1 fully saturated rings. The zero-order chi connectivity index (χ0) is 10.8. The van der Waals surface area contributed by atoms with Gasteiger partial charge in [-0.3, -0.25) is 0 Å². The van der Waals surface area contributed by atoms with Gasteiger partial charge in [0.1, 0.15) is 5.82 Å². The molecule has 4 nitrogen and oxygen atoms in total. The number of nitrogens with zero attached hydrogens (tertiary/aromatic N) is 2. The quantitative estimate of drug-likeness (QED) is 0.789. The Labute approximate surface area is 95.8 Å². The molecule has 0 bridgehead atoms. The van der Waals surface area contributed by atoms with Crippen molar-refractivity contribution >= 4 is 5.82 Å². The Balaban J connectivity index is 1.74. The number of hydrogen-bond acceptors (Lipinski definition) is 4. The van der Waals surface area contributed by atoms with Crippen molar-refractivity contribution in [1.82, 2.24) is 15.5 Å². The van der Waals surface area contributed by atoms with Gasteiger partial charge >= 0.3 is 0 Å². The Kier molecular flexibility index (Phi) is 2.74. The summed E-state index contributed by atoms with van der Waals surface area (Å²) in [5.74, 6) is 0.965. The number of hydrogen-bond donors (Lipinski definition) is 2. The lowest BCUT2D eigenvalue weighted by Crippen LogP contribution is -2.26. The van der Waals surface area contributed by atoms with Gasteiger partial charge in [0, 0.05) is 12.6 Å². The van der Waals surface area contributed by atoms with Gasteiger partial charge in [0.05, 0.1) is 5.69 Å². The predicted molar refractivity (Wildman–Crippen MR) is 63.3 cm³/mol. The van der Waals surface area contributed by atoms with Crippen LogP contribution in [0.5, 0.6) is 0 Å². The van der Waals surface area contributed by atoms with Crippen molar-refractivity contribution in [1.29, 1.82) is 0 Å². The van der Waals surface area contributed by atoms with Crippen LogP contribution in [-0.2, 0) is 13.0 Å². The zero-order valence-corrected chi connectivity index (χ0v) is 9.50. The van der Waals surface area contributed by atoms with Crippen molar-refractivity contribution in [3.05, 3.63) is 17.3 Å². The van der Waals surface area contributed by atoms with E-state index >= 15 is 0 Å². The molecule has 2 N–H and O–H groups in total. The Morgan fingerprint density at radius 2 is 2.12 bits per heavy atom. The van der Waals surface area contributed by atoms with Gasteiger partial charge < -0.3 is 10.6 Å². The third-order valence-corrected chi connectivity index (χ3v) is 3.53. The number of anilines is 1. The molecule has 86 valence electrons. The largest absolute Gasteiger partial charge is 0.366 e. The molecular formula is C12H18N4. The van der Waals surface area contributed by atoms with E-state index in [-0.39, 0.29) is 0 Å². The normalized spacial score (nSPS) is 20.8. The molecule has 3 rings (SSSR count). The summed E-state index contributed by atoms with van der Waals surface area (Å²) < 4.78 is 0. The number of aromatic nitrogens is 2. The van der Waals surface area contributed by atoms with Gasteiger partial charge in [-0.15, -0.1) is 5.10 Å². The van der Waals surface area contributed by atoms with E-state index in [9.17, 15) is 0 Å². The smallest absolute Gasteiger partial charge is 0.149 e. The molecular weight excluding hydrogens is 200 g/mol. The fraction of sp³-hybridized carbons (Fsp3) is 0.667. The molecule has 2 heterocycles. The monoisotopic (exact) mass is 218 g/mol. The zero-order valence-electron chi connectivity index (χ0n) is 9.50. The Morgan fingerprint density at radius 1 is 1.25 bits per heavy atom. The van der Waals surface area contributed by atoms with E-state index in [2.05, 4.69) is 26.9 Å². The van der Waals surface area contributed by atoms with E-state index in [1.165, 1.54) is 31.2 Å². The second-order valence-electron chi connectivity index (χ2n) is 4.75. The highest BCUT2D eigenvalue weighted by Gasteiger charge is 2.17. The van der Waals surface area contributed by atoms with Crippen LogP contribution < -0.4 is 10.6 Å². The van der Waals surface area contributed by atoms with Crippen LogP contribution in [-0.4, -0.2) is 22.8 Å². The summed E-state index contributed by atoms with van der Waals surface area (Å²) in [6.07, 6.45) is 6.32. The summed E-state index contributed by atoms with van der Waals surface area (Å²) in [5, 5.41) is 15.3. The Bertz CT molecular complexity index is 371. The van der Waals surface area contributed by atoms with E-state index in [1.54, 1.807) is 0 Å². The molecule has 1 aliphatic carbocycles. The molecule has 4 heteroatoms. The fourth-order valence-electron chi connectivity index (χ4n) is 2.60. The Morgan fingerprint density at radius 3 is 3.00 bits per heavy atom. The standard InChI is InChI=1S/C12H18N4/c1-2-4-10(3-1)14-12-7-9-5-6-13-8-11(9)15-16-12/h7,10,13H,1-6,8H2,(H,14,16). The summed E-state index contributed by atoms with van der Waals surface area (Å²) in [4.78, 5) is 0. The minimum atomic E-state index is 0.620. The molecule has 1 saturated carbocycles. The molecule has 1 aromatic heterocycles. The van der Waals surface area contributed by atoms with Crippen LogP contribution in [0.4, 0.5) is 5.82 Å². The molecule has 2 aliphatic rings. The van der Waals surface area contributed by atoms with Crippen LogP contribution in [0.2, 0.25) is 0 Å². The molecule has 0 amide bonds. The molecule has 0 atom stereocenters. The van der Waals surface area contributed by atoms with Crippen LogP contribution in [0.3, 0.4) is 0 Å². The van der Waals surface area contributed by atoms with Crippen LogP contribution in [0.15, 0.2) is 6.07 Å². The lowest BCUT2D eigenvalue weighted by Gasteiger charge is -2.17. The van der Waals surface area contributed by atoms with Gasteiger partial charge in [-0.25, -0.2) is 0 Å². The van der Waals surface area contributed by atoms with Crippen molar-refractivity contribution in [2.75, 3.05) is 11.9 Å². The maximum atomic E-state index is 4.29. The summed E-state index contributed by atoms with van der Waals surface area (Å²) >= 11 is 0. The van der Waals surface area contributed by atoms with Crippen molar-refractivity contribution in [2.45, 2.75) is 44.7 Å². The van der Waals surface area contributed by atoms with Crippen LogP contribution >= 0.6 is 0 Å². The summed E-state index contributed by atoms with van der Waals surface area (Å²) in [5.41, 5.74) is 2.47. The van der Waals surface area contributed by atoms with Gasteiger partial charge in [-0.1, -0.05) is 12.8 Å². The lowest BCUT2D eigenvalue weighted by molar-refractivity contribution is 0.615. The number of nitrogens with one attached hydrogen (secondary N) is 2. The molecule has 0 spiro atoms. The highest BCUT2D eigenvalue weighted by atomic mass is 15.2. The minimum Gasteiger partial charge on any atom is -0.366 e. The van der Waals surface area contributed by atoms with Gasteiger partial charge in [0.2, 0.25) is 0 Å². The third-order valence-electron chi connectivity index (χ3n) is 3.53. The van der Waals surface area contributed by atoms with Crippen molar-refractivity contribution in [3.63, 3.8) is 0 Å². The highest BCUT2D eigenvalue weighted by molar-refractivity contribution is 5.40. The van der Waals surface area contributed by atoms with Gasteiger partial charge in [-0.05, 0) is 37.4 Å². The third kappa shape index (κ3) is 2.02.